The van der Waals surface area contributed by atoms with Gasteiger partial charge in [0.25, 0.3) is 0 Å². The fourth-order valence-corrected chi connectivity index (χ4v) is 2.45. The maximum atomic E-state index is 11.8. The molecule has 1 aliphatic rings. The Labute approximate surface area is 117 Å². The van der Waals surface area contributed by atoms with Crippen LogP contribution in [0.4, 0.5) is 0 Å². The molecular formula is C16H15N3O. The minimum absolute atomic E-state index is 0.0168. The van der Waals surface area contributed by atoms with Gasteiger partial charge in [0.05, 0.1) is 11.8 Å². The van der Waals surface area contributed by atoms with Crippen molar-refractivity contribution in [3.05, 3.63) is 66.0 Å². The quantitative estimate of drug-likeness (QED) is 0.838. The largest absolute Gasteiger partial charge is 0.273 e. The van der Waals surface area contributed by atoms with Gasteiger partial charge in [-0.25, -0.2) is 5.01 Å². The standard InChI is InChI=1S/C16H15N3O/c1-12(20)19-16(14-5-3-2-4-6-14)11-15(18-19)13-7-9-17-10-8-13/h2-10,16H,11H2,1H3. The summed E-state index contributed by atoms with van der Waals surface area (Å²) in [4.78, 5) is 15.8. The number of amides is 1. The number of benzene rings is 1. The van der Waals surface area contributed by atoms with Crippen LogP contribution in [0.2, 0.25) is 0 Å². The first-order valence-electron chi connectivity index (χ1n) is 6.58. The predicted octanol–water partition coefficient (Wildman–Crippen LogP) is 2.78. The lowest BCUT2D eigenvalue weighted by molar-refractivity contribution is -0.130. The number of hydrogen-bond acceptors (Lipinski definition) is 3. The molecule has 1 atom stereocenters. The lowest BCUT2D eigenvalue weighted by Crippen LogP contribution is -2.24. The van der Waals surface area contributed by atoms with Crippen LogP contribution in [0.25, 0.3) is 0 Å². The molecule has 4 nitrogen and oxygen atoms in total. The van der Waals surface area contributed by atoms with Crippen LogP contribution >= 0.6 is 0 Å². The van der Waals surface area contributed by atoms with Crippen LogP contribution in [0.3, 0.4) is 0 Å². The SMILES string of the molecule is CC(=O)N1N=C(c2ccncc2)CC1c1ccccc1. The molecule has 100 valence electrons. The third kappa shape index (κ3) is 2.32. The van der Waals surface area contributed by atoms with Crippen molar-refractivity contribution in [2.45, 2.75) is 19.4 Å². The van der Waals surface area contributed by atoms with E-state index in [1.165, 1.54) is 0 Å². The van der Waals surface area contributed by atoms with Crippen LogP contribution in [0.5, 0.6) is 0 Å². The molecule has 0 saturated heterocycles. The zero-order valence-corrected chi connectivity index (χ0v) is 11.2. The Morgan fingerprint density at radius 1 is 1.15 bits per heavy atom. The number of carbonyl (C=O) groups excluding carboxylic acids is 1. The van der Waals surface area contributed by atoms with Gasteiger partial charge < -0.3 is 0 Å². The molecule has 0 fully saturated rings. The van der Waals surface area contributed by atoms with Crippen molar-refractivity contribution >= 4 is 11.6 Å². The molecule has 0 aliphatic carbocycles. The monoisotopic (exact) mass is 265 g/mol. The molecule has 1 unspecified atom stereocenters. The lowest BCUT2D eigenvalue weighted by Gasteiger charge is -2.20. The first kappa shape index (κ1) is 12.5. The minimum Gasteiger partial charge on any atom is -0.273 e. The second-order valence-corrected chi connectivity index (χ2v) is 4.78. The number of hydrazone groups is 1. The number of nitrogens with zero attached hydrogens (tertiary/aromatic N) is 3. The third-order valence-corrected chi connectivity index (χ3v) is 3.43. The fourth-order valence-electron chi connectivity index (χ4n) is 2.45. The van der Waals surface area contributed by atoms with Gasteiger partial charge in [0.1, 0.15) is 0 Å². The van der Waals surface area contributed by atoms with Crippen LogP contribution in [0, 0.1) is 0 Å². The van der Waals surface area contributed by atoms with Crippen LogP contribution in [-0.2, 0) is 4.79 Å². The molecule has 3 rings (SSSR count). The van der Waals surface area contributed by atoms with Crippen LogP contribution in [0.15, 0.2) is 60.0 Å². The summed E-state index contributed by atoms with van der Waals surface area (Å²) in [7, 11) is 0. The average Bonchev–Trinajstić information content (AvgIpc) is 2.94. The highest BCUT2D eigenvalue weighted by Gasteiger charge is 2.30. The summed E-state index contributed by atoms with van der Waals surface area (Å²) >= 11 is 0. The van der Waals surface area contributed by atoms with E-state index in [2.05, 4.69) is 10.1 Å². The van der Waals surface area contributed by atoms with E-state index in [4.69, 9.17) is 0 Å². The van der Waals surface area contributed by atoms with Crippen molar-refractivity contribution in [3.63, 3.8) is 0 Å². The molecule has 1 aromatic heterocycles. The van der Waals surface area contributed by atoms with Gasteiger partial charge in [-0.3, -0.25) is 9.78 Å². The Morgan fingerprint density at radius 3 is 2.50 bits per heavy atom. The predicted molar refractivity (Wildman–Crippen MR) is 77.1 cm³/mol. The van der Waals surface area contributed by atoms with E-state index in [0.717, 1.165) is 23.3 Å². The molecule has 2 heterocycles. The van der Waals surface area contributed by atoms with Gasteiger partial charge in [-0.05, 0) is 17.7 Å². The van der Waals surface area contributed by atoms with Gasteiger partial charge in [-0.1, -0.05) is 30.3 Å². The van der Waals surface area contributed by atoms with Gasteiger partial charge >= 0.3 is 0 Å². The Bertz CT molecular complexity index is 637. The topological polar surface area (TPSA) is 45.6 Å². The molecule has 1 aliphatic heterocycles. The molecule has 1 amide bonds. The molecule has 0 N–H and O–H groups in total. The van der Waals surface area contributed by atoms with Gasteiger partial charge in [0.2, 0.25) is 5.91 Å². The van der Waals surface area contributed by atoms with Gasteiger partial charge in [-0.2, -0.15) is 5.10 Å². The number of hydrogen-bond donors (Lipinski definition) is 0. The van der Waals surface area contributed by atoms with E-state index in [1.54, 1.807) is 24.3 Å². The summed E-state index contributed by atoms with van der Waals surface area (Å²) in [5, 5.41) is 6.06. The number of pyridine rings is 1. The van der Waals surface area contributed by atoms with Crippen molar-refractivity contribution in [3.8, 4) is 0 Å². The summed E-state index contributed by atoms with van der Waals surface area (Å²) < 4.78 is 0. The molecule has 2 aromatic rings. The second kappa shape index (κ2) is 5.25. The third-order valence-electron chi connectivity index (χ3n) is 3.43. The molecule has 1 aromatic carbocycles. The maximum absolute atomic E-state index is 11.8. The van der Waals surface area contributed by atoms with Crippen molar-refractivity contribution < 1.29 is 4.79 Å². The Morgan fingerprint density at radius 2 is 1.85 bits per heavy atom. The highest BCUT2D eigenvalue weighted by molar-refractivity contribution is 6.02. The van der Waals surface area contributed by atoms with E-state index >= 15 is 0 Å². The zero-order chi connectivity index (χ0) is 13.9. The van der Waals surface area contributed by atoms with Gasteiger partial charge in [0.15, 0.2) is 0 Å². The van der Waals surface area contributed by atoms with E-state index in [1.807, 2.05) is 42.5 Å². The Hall–Kier alpha value is -2.49. The highest BCUT2D eigenvalue weighted by Crippen LogP contribution is 2.32. The van der Waals surface area contributed by atoms with Gasteiger partial charge in [-0.15, -0.1) is 0 Å². The average molecular weight is 265 g/mol. The Kier molecular flexibility index (Phi) is 3.29. The summed E-state index contributed by atoms with van der Waals surface area (Å²) in [5.41, 5.74) is 3.05. The summed E-state index contributed by atoms with van der Waals surface area (Å²) in [5.74, 6) is -0.0390. The van der Waals surface area contributed by atoms with Crippen molar-refractivity contribution in [1.29, 1.82) is 0 Å². The Balaban J connectivity index is 1.94. The minimum atomic E-state index is -0.0390. The van der Waals surface area contributed by atoms with Crippen LogP contribution < -0.4 is 0 Å². The molecule has 0 radical (unpaired) electrons. The van der Waals surface area contributed by atoms with Crippen LogP contribution in [-0.4, -0.2) is 21.6 Å². The number of carbonyl (C=O) groups is 1. The zero-order valence-electron chi connectivity index (χ0n) is 11.2. The summed E-state index contributed by atoms with van der Waals surface area (Å²) in [6.45, 7) is 1.55. The van der Waals surface area contributed by atoms with Crippen molar-refractivity contribution in [2.24, 2.45) is 5.10 Å². The lowest BCUT2D eigenvalue weighted by atomic mass is 9.99. The fraction of sp³-hybridized carbons (Fsp3) is 0.188. The van der Waals surface area contributed by atoms with Crippen LogP contribution in [0.1, 0.15) is 30.5 Å². The van der Waals surface area contributed by atoms with Crippen molar-refractivity contribution in [2.75, 3.05) is 0 Å². The molecule has 0 bridgehead atoms. The van der Waals surface area contributed by atoms with Gasteiger partial charge in [0, 0.05) is 31.3 Å². The van der Waals surface area contributed by atoms with E-state index < -0.39 is 0 Å². The summed E-state index contributed by atoms with van der Waals surface area (Å²) in [6, 6.07) is 13.8. The van der Waals surface area contributed by atoms with E-state index in [-0.39, 0.29) is 11.9 Å². The molecule has 0 saturated carbocycles. The second-order valence-electron chi connectivity index (χ2n) is 4.78. The molecule has 4 heteroatoms. The molecular weight excluding hydrogens is 250 g/mol. The maximum Gasteiger partial charge on any atom is 0.240 e. The van der Waals surface area contributed by atoms with Crippen molar-refractivity contribution in [1.82, 2.24) is 9.99 Å². The highest BCUT2D eigenvalue weighted by atomic mass is 16.2. The number of rotatable bonds is 2. The first-order chi connectivity index (χ1) is 9.75. The van der Waals surface area contributed by atoms with E-state index in [9.17, 15) is 4.79 Å². The number of aromatic nitrogens is 1. The smallest absolute Gasteiger partial charge is 0.240 e. The first-order valence-corrected chi connectivity index (χ1v) is 6.58. The normalized spacial score (nSPS) is 17.9. The molecule has 20 heavy (non-hydrogen) atoms. The van der Waals surface area contributed by atoms with E-state index in [0.29, 0.717) is 0 Å². The molecule has 0 spiro atoms. The summed E-state index contributed by atoms with van der Waals surface area (Å²) in [6.07, 6.45) is 4.21.